The van der Waals surface area contributed by atoms with Gasteiger partial charge in [-0.3, -0.25) is 4.99 Å². The Bertz CT molecular complexity index is 425. The summed E-state index contributed by atoms with van der Waals surface area (Å²) in [6.45, 7) is 10.7. The molecule has 5 nitrogen and oxygen atoms in total. The standard InChI is InChI=1S/C16H29N3O2S.HI/c1-5-17-15(18-8-9-21-11-10-20-4)19-13-16(2,3)14-7-6-12-22-14;/h6-7,12H,5,8-11,13H2,1-4H3,(H2,17,18,19);1H. The maximum atomic E-state index is 5.44. The van der Waals surface area contributed by atoms with Gasteiger partial charge >= 0.3 is 0 Å². The molecule has 0 saturated carbocycles. The van der Waals surface area contributed by atoms with Gasteiger partial charge in [0, 0.05) is 30.5 Å². The molecule has 0 spiro atoms. The first-order valence-corrected chi connectivity index (χ1v) is 8.61. The first kappa shape index (κ1) is 22.6. The lowest BCUT2D eigenvalue weighted by Crippen LogP contribution is -2.40. The van der Waals surface area contributed by atoms with E-state index in [0.29, 0.717) is 19.8 Å². The van der Waals surface area contributed by atoms with E-state index in [4.69, 9.17) is 14.5 Å². The van der Waals surface area contributed by atoms with Crippen molar-refractivity contribution in [2.45, 2.75) is 26.2 Å². The number of halogens is 1. The fourth-order valence-corrected chi connectivity index (χ4v) is 2.69. The second-order valence-corrected chi connectivity index (χ2v) is 6.54. The molecule has 23 heavy (non-hydrogen) atoms. The zero-order chi connectivity index (χ0) is 16.3. The highest BCUT2D eigenvalue weighted by Gasteiger charge is 2.21. The molecule has 1 aromatic rings. The number of thiophene rings is 1. The average Bonchev–Trinajstić information content (AvgIpc) is 3.03. The second kappa shape index (κ2) is 13.0. The number of guanidine groups is 1. The van der Waals surface area contributed by atoms with E-state index in [9.17, 15) is 0 Å². The van der Waals surface area contributed by atoms with E-state index in [1.165, 1.54) is 4.88 Å². The molecule has 0 saturated heterocycles. The number of methoxy groups -OCH3 is 1. The van der Waals surface area contributed by atoms with Gasteiger partial charge in [-0.15, -0.1) is 35.3 Å². The topological polar surface area (TPSA) is 54.9 Å². The first-order valence-electron chi connectivity index (χ1n) is 7.73. The largest absolute Gasteiger partial charge is 0.382 e. The normalized spacial score (nSPS) is 11.9. The molecule has 1 heterocycles. The molecule has 2 N–H and O–H groups in total. The van der Waals surface area contributed by atoms with Crippen LogP contribution >= 0.6 is 35.3 Å². The van der Waals surface area contributed by atoms with Crippen molar-refractivity contribution < 1.29 is 9.47 Å². The van der Waals surface area contributed by atoms with Gasteiger partial charge in [0.05, 0.1) is 26.4 Å². The molecule has 0 atom stereocenters. The summed E-state index contributed by atoms with van der Waals surface area (Å²) in [4.78, 5) is 6.05. The van der Waals surface area contributed by atoms with Gasteiger partial charge in [-0.25, -0.2) is 0 Å². The lowest BCUT2D eigenvalue weighted by molar-refractivity contribution is 0.0733. The Morgan fingerprint density at radius 3 is 2.65 bits per heavy atom. The lowest BCUT2D eigenvalue weighted by atomic mass is 9.92. The van der Waals surface area contributed by atoms with E-state index >= 15 is 0 Å². The van der Waals surface area contributed by atoms with Crippen LogP contribution in [-0.4, -0.2) is 52.5 Å². The van der Waals surface area contributed by atoms with Crippen molar-refractivity contribution in [2.24, 2.45) is 4.99 Å². The summed E-state index contributed by atoms with van der Waals surface area (Å²) in [5.74, 6) is 0.836. The van der Waals surface area contributed by atoms with Crippen LogP contribution in [0.15, 0.2) is 22.5 Å². The molecular weight excluding hydrogens is 425 g/mol. The summed E-state index contributed by atoms with van der Waals surface area (Å²) in [6.07, 6.45) is 0. The van der Waals surface area contributed by atoms with E-state index in [1.54, 1.807) is 18.4 Å². The van der Waals surface area contributed by atoms with Gasteiger partial charge in [-0.1, -0.05) is 19.9 Å². The Balaban J connectivity index is 0.00000484. The molecule has 1 rings (SSSR count). The van der Waals surface area contributed by atoms with Crippen LogP contribution in [0.3, 0.4) is 0 Å². The third-order valence-corrected chi connectivity index (χ3v) is 4.37. The molecule has 0 bridgehead atoms. The smallest absolute Gasteiger partial charge is 0.191 e. The summed E-state index contributed by atoms with van der Waals surface area (Å²) in [6, 6.07) is 4.26. The van der Waals surface area contributed by atoms with E-state index in [-0.39, 0.29) is 29.4 Å². The van der Waals surface area contributed by atoms with Gasteiger partial charge < -0.3 is 20.1 Å². The van der Waals surface area contributed by atoms with Crippen LogP contribution in [0.25, 0.3) is 0 Å². The molecule has 0 aliphatic heterocycles. The van der Waals surface area contributed by atoms with Crippen LogP contribution in [0.4, 0.5) is 0 Å². The van der Waals surface area contributed by atoms with Crippen molar-refractivity contribution in [3.63, 3.8) is 0 Å². The minimum absolute atomic E-state index is 0. The molecule has 0 fully saturated rings. The van der Waals surface area contributed by atoms with E-state index in [1.807, 2.05) is 0 Å². The van der Waals surface area contributed by atoms with Crippen molar-refractivity contribution in [3.05, 3.63) is 22.4 Å². The van der Waals surface area contributed by atoms with Crippen LogP contribution in [0.5, 0.6) is 0 Å². The number of rotatable bonds is 10. The molecule has 0 aromatic carbocycles. The Kier molecular flexibility index (Phi) is 12.8. The molecule has 7 heteroatoms. The minimum Gasteiger partial charge on any atom is -0.382 e. The Morgan fingerprint density at radius 2 is 2.04 bits per heavy atom. The van der Waals surface area contributed by atoms with Crippen molar-refractivity contribution >= 4 is 41.3 Å². The molecule has 0 aliphatic carbocycles. The van der Waals surface area contributed by atoms with Gasteiger partial charge in [-0.2, -0.15) is 0 Å². The van der Waals surface area contributed by atoms with Gasteiger partial charge in [-0.05, 0) is 18.4 Å². The Labute approximate surface area is 161 Å². The summed E-state index contributed by atoms with van der Waals surface area (Å²) in [7, 11) is 1.67. The minimum atomic E-state index is 0. The first-order chi connectivity index (χ1) is 10.6. The second-order valence-electron chi connectivity index (χ2n) is 5.59. The molecule has 0 radical (unpaired) electrons. The number of aliphatic imine (C=N–C) groups is 1. The number of ether oxygens (including phenoxy) is 2. The van der Waals surface area contributed by atoms with Crippen LogP contribution in [0, 0.1) is 0 Å². The predicted octanol–water partition coefficient (Wildman–Crippen LogP) is 2.86. The molecule has 134 valence electrons. The highest BCUT2D eigenvalue weighted by Crippen LogP contribution is 2.27. The van der Waals surface area contributed by atoms with Crippen molar-refractivity contribution in [1.29, 1.82) is 0 Å². The number of hydrogen-bond acceptors (Lipinski definition) is 4. The van der Waals surface area contributed by atoms with Crippen molar-refractivity contribution in [1.82, 2.24) is 10.6 Å². The van der Waals surface area contributed by atoms with E-state index in [0.717, 1.165) is 25.6 Å². The third-order valence-electron chi connectivity index (χ3n) is 3.14. The molecule has 0 unspecified atom stereocenters. The van der Waals surface area contributed by atoms with E-state index in [2.05, 4.69) is 48.9 Å². The van der Waals surface area contributed by atoms with Gasteiger partial charge in [0.2, 0.25) is 0 Å². The zero-order valence-corrected chi connectivity index (χ0v) is 17.7. The van der Waals surface area contributed by atoms with Crippen LogP contribution < -0.4 is 10.6 Å². The number of nitrogens with one attached hydrogen (secondary N) is 2. The van der Waals surface area contributed by atoms with Crippen LogP contribution in [-0.2, 0) is 14.9 Å². The van der Waals surface area contributed by atoms with Crippen molar-refractivity contribution in [2.75, 3.05) is 46.6 Å². The number of hydrogen-bond donors (Lipinski definition) is 2. The SMILES string of the molecule is CCNC(=NCC(C)(C)c1cccs1)NCCOCCOC.I. The van der Waals surface area contributed by atoms with Gasteiger partial charge in [0.1, 0.15) is 0 Å². The third kappa shape index (κ3) is 9.49. The fraction of sp³-hybridized carbons (Fsp3) is 0.688. The van der Waals surface area contributed by atoms with Crippen molar-refractivity contribution in [3.8, 4) is 0 Å². The summed E-state index contributed by atoms with van der Waals surface area (Å²) in [5.41, 5.74) is 0.0471. The molecule has 0 amide bonds. The fourth-order valence-electron chi connectivity index (χ4n) is 1.85. The van der Waals surface area contributed by atoms with Gasteiger partial charge in [0.15, 0.2) is 5.96 Å². The lowest BCUT2D eigenvalue weighted by Gasteiger charge is -2.21. The quantitative estimate of drug-likeness (QED) is 0.247. The van der Waals surface area contributed by atoms with E-state index < -0.39 is 0 Å². The maximum Gasteiger partial charge on any atom is 0.191 e. The Hall–Kier alpha value is -0.380. The molecule has 1 aromatic heterocycles. The zero-order valence-electron chi connectivity index (χ0n) is 14.6. The average molecular weight is 455 g/mol. The number of nitrogens with zero attached hydrogens (tertiary/aromatic N) is 1. The van der Waals surface area contributed by atoms with Gasteiger partial charge in [0.25, 0.3) is 0 Å². The predicted molar refractivity (Wildman–Crippen MR) is 109 cm³/mol. The summed E-state index contributed by atoms with van der Waals surface area (Å²) < 4.78 is 10.4. The maximum absolute atomic E-state index is 5.44. The summed E-state index contributed by atoms with van der Waals surface area (Å²) in [5, 5.41) is 8.67. The highest BCUT2D eigenvalue weighted by molar-refractivity contribution is 14.0. The van der Waals surface area contributed by atoms with Crippen LogP contribution in [0.1, 0.15) is 25.6 Å². The molecule has 0 aliphatic rings. The Morgan fingerprint density at radius 1 is 1.26 bits per heavy atom. The summed E-state index contributed by atoms with van der Waals surface area (Å²) >= 11 is 1.78. The van der Waals surface area contributed by atoms with Crippen LogP contribution in [0.2, 0.25) is 0 Å². The monoisotopic (exact) mass is 455 g/mol. The molecular formula is C16H30IN3O2S. The highest BCUT2D eigenvalue weighted by atomic mass is 127.